The first kappa shape index (κ1) is 13.5. The lowest BCUT2D eigenvalue weighted by Gasteiger charge is -2.22. The van der Waals surface area contributed by atoms with E-state index in [-0.39, 0.29) is 0 Å². The van der Waals surface area contributed by atoms with Crippen molar-refractivity contribution in [3.63, 3.8) is 0 Å². The Morgan fingerprint density at radius 3 is 2.75 bits per heavy atom. The Labute approximate surface area is 125 Å². The van der Waals surface area contributed by atoms with Gasteiger partial charge in [-0.2, -0.15) is 0 Å². The summed E-state index contributed by atoms with van der Waals surface area (Å²) in [7, 11) is 0. The molecular weight excluding hydrogens is 320 g/mol. The molecule has 2 N–H and O–H groups in total. The van der Waals surface area contributed by atoms with Gasteiger partial charge in [0.15, 0.2) is 0 Å². The fraction of sp³-hybridized carbons (Fsp3) is 0.333. The van der Waals surface area contributed by atoms with Gasteiger partial charge in [0.05, 0.1) is 11.1 Å². The Balaban J connectivity index is 2.15. The summed E-state index contributed by atoms with van der Waals surface area (Å²) in [6.45, 7) is 1.93. The van der Waals surface area contributed by atoms with Gasteiger partial charge in [-0.1, -0.05) is 15.9 Å². The highest BCUT2D eigenvalue weighted by molar-refractivity contribution is 9.10. The van der Waals surface area contributed by atoms with Gasteiger partial charge in [0.1, 0.15) is 0 Å². The first-order valence-electron chi connectivity index (χ1n) is 6.69. The summed E-state index contributed by atoms with van der Waals surface area (Å²) in [4.78, 5) is 16.2. The van der Waals surface area contributed by atoms with Gasteiger partial charge >= 0.3 is 5.97 Å². The number of piperidine rings is 1. The van der Waals surface area contributed by atoms with E-state index in [0.29, 0.717) is 16.9 Å². The number of rotatable bonds is 2. The van der Waals surface area contributed by atoms with Crippen molar-refractivity contribution in [3.8, 4) is 0 Å². The van der Waals surface area contributed by atoms with Crippen LogP contribution in [0.2, 0.25) is 0 Å². The Bertz CT molecular complexity index is 666. The summed E-state index contributed by atoms with van der Waals surface area (Å²) in [5, 5.41) is 13.4. The van der Waals surface area contributed by atoms with E-state index in [9.17, 15) is 9.90 Å². The lowest BCUT2D eigenvalue weighted by Crippen LogP contribution is -2.27. The molecule has 1 aromatic heterocycles. The zero-order chi connectivity index (χ0) is 14.1. The summed E-state index contributed by atoms with van der Waals surface area (Å²) in [6.07, 6.45) is 2.02. The van der Waals surface area contributed by atoms with Crippen LogP contribution in [0.3, 0.4) is 0 Å². The maximum atomic E-state index is 11.5. The third-order valence-electron chi connectivity index (χ3n) is 3.78. The number of nitrogens with one attached hydrogen (secondary N) is 1. The molecule has 4 nitrogen and oxygen atoms in total. The van der Waals surface area contributed by atoms with Gasteiger partial charge in [-0.3, -0.25) is 4.98 Å². The van der Waals surface area contributed by atoms with E-state index in [2.05, 4.69) is 26.2 Å². The van der Waals surface area contributed by atoms with Crippen molar-refractivity contribution in [2.75, 3.05) is 13.1 Å². The average molecular weight is 335 g/mol. The molecule has 1 aromatic carbocycles. The van der Waals surface area contributed by atoms with Crippen molar-refractivity contribution in [1.82, 2.24) is 10.3 Å². The van der Waals surface area contributed by atoms with Crippen molar-refractivity contribution in [3.05, 3.63) is 40.0 Å². The maximum Gasteiger partial charge on any atom is 0.336 e. The van der Waals surface area contributed by atoms with E-state index in [1.165, 1.54) is 0 Å². The topological polar surface area (TPSA) is 62.2 Å². The van der Waals surface area contributed by atoms with E-state index < -0.39 is 5.97 Å². The molecule has 1 fully saturated rings. The molecule has 0 amide bonds. The molecule has 1 aliphatic rings. The molecule has 2 aromatic rings. The van der Waals surface area contributed by atoms with Crippen LogP contribution in [0.1, 0.15) is 34.8 Å². The Morgan fingerprint density at radius 1 is 1.30 bits per heavy atom. The number of pyridine rings is 1. The lowest BCUT2D eigenvalue weighted by molar-refractivity contribution is 0.0699. The number of carboxylic acid groups (broad SMARTS) is 1. The minimum absolute atomic E-state index is 0.338. The van der Waals surface area contributed by atoms with Crippen molar-refractivity contribution in [2.24, 2.45) is 0 Å². The Hall–Kier alpha value is -1.46. The van der Waals surface area contributed by atoms with Crippen LogP contribution in [0.4, 0.5) is 0 Å². The third-order valence-corrected chi connectivity index (χ3v) is 4.27. The number of carboxylic acids is 1. The number of aromatic carboxylic acids is 1. The summed E-state index contributed by atoms with van der Waals surface area (Å²) < 4.78 is 0.865. The first-order valence-corrected chi connectivity index (χ1v) is 7.48. The fourth-order valence-electron chi connectivity index (χ4n) is 2.72. The number of hydrogen-bond acceptors (Lipinski definition) is 3. The molecule has 5 heteroatoms. The molecule has 0 bridgehead atoms. The average Bonchev–Trinajstić information content (AvgIpc) is 2.47. The van der Waals surface area contributed by atoms with Crippen LogP contribution >= 0.6 is 15.9 Å². The number of halogens is 1. The van der Waals surface area contributed by atoms with Crippen LogP contribution in [0.25, 0.3) is 10.9 Å². The second kappa shape index (κ2) is 5.50. The normalized spacial score (nSPS) is 16.4. The summed E-state index contributed by atoms with van der Waals surface area (Å²) >= 11 is 3.38. The number of hydrogen-bond donors (Lipinski definition) is 2. The van der Waals surface area contributed by atoms with E-state index in [1.807, 2.05) is 18.2 Å². The standard InChI is InChI=1S/C15H15BrN2O2/c16-10-1-2-13-11(7-10)12(15(19)20)8-14(18-13)9-3-5-17-6-4-9/h1-2,7-9,17H,3-6H2,(H,19,20). The molecule has 0 unspecified atom stereocenters. The highest BCUT2D eigenvalue weighted by Gasteiger charge is 2.20. The summed E-state index contributed by atoms with van der Waals surface area (Å²) in [5.74, 6) is -0.548. The summed E-state index contributed by atoms with van der Waals surface area (Å²) in [5.41, 5.74) is 1.99. The SMILES string of the molecule is O=C(O)c1cc(C2CCNCC2)nc2ccc(Br)cc12. The quantitative estimate of drug-likeness (QED) is 0.885. The molecule has 20 heavy (non-hydrogen) atoms. The van der Waals surface area contributed by atoms with Gasteiger partial charge in [0, 0.05) is 21.5 Å². The fourth-order valence-corrected chi connectivity index (χ4v) is 3.08. The van der Waals surface area contributed by atoms with Gasteiger partial charge in [-0.05, 0) is 50.2 Å². The molecule has 1 saturated heterocycles. The Kier molecular flexibility index (Phi) is 3.72. The van der Waals surface area contributed by atoms with Gasteiger partial charge in [0.25, 0.3) is 0 Å². The lowest BCUT2D eigenvalue weighted by atomic mass is 9.92. The molecule has 104 valence electrons. The van der Waals surface area contributed by atoms with E-state index >= 15 is 0 Å². The predicted molar refractivity (Wildman–Crippen MR) is 81.2 cm³/mol. The molecular formula is C15H15BrN2O2. The first-order chi connectivity index (χ1) is 9.65. The number of aromatic nitrogens is 1. The third kappa shape index (κ3) is 2.55. The van der Waals surface area contributed by atoms with Crippen LogP contribution in [0, 0.1) is 0 Å². The molecule has 0 atom stereocenters. The van der Waals surface area contributed by atoms with Crippen molar-refractivity contribution < 1.29 is 9.90 Å². The van der Waals surface area contributed by atoms with Crippen LogP contribution in [-0.4, -0.2) is 29.1 Å². The molecule has 1 aliphatic heterocycles. The van der Waals surface area contributed by atoms with Crippen molar-refractivity contribution in [2.45, 2.75) is 18.8 Å². The smallest absolute Gasteiger partial charge is 0.336 e. The van der Waals surface area contributed by atoms with Crippen LogP contribution in [-0.2, 0) is 0 Å². The van der Waals surface area contributed by atoms with E-state index in [4.69, 9.17) is 0 Å². The summed E-state index contributed by atoms with van der Waals surface area (Å²) in [6, 6.07) is 7.33. The van der Waals surface area contributed by atoms with Gasteiger partial charge in [-0.15, -0.1) is 0 Å². The second-order valence-electron chi connectivity index (χ2n) is 5.09. The van der Waals surface area contributed by atoms with Crippen molar-refractivity contribution in [1.29, 1.82) is 0 Å². The maximum absolute atomic E-state index is 11.5. The molecule has 3 rings (SSSR count). The number of benzene rings is 1. The zero-order valence-electron chi connectivity index (χ0n) is 10.9. The number of nitrogens with zero attached hydrogens (tertiary/aromatic N) is 1. The number of carbonyl (C=O) groups is 1. The molecule has 2 heterocycles. The van der Waals surface area contributed by atoms with Gasteiger partial charge in [-0.25, -0.2) is 4.79 Å². The predicted octanol–water partition coefficient (Wildman–Crippen LogP) is 3.16. The molecule has 0 saturated carbocycles. The van der Waals surface area contributed by atoms with Crippen molar-refractivity contribution >= 4 is 32.8 Å². The molecule has 0 radical (unpaired) electrons. The minimum atomic E-state index is -0.898. The van der Waals surface area contributed by atoms with Gasteiger partial charge < -0.3 is 10.4 Å². The Morgan fingerprint density at radius 2 is 2.05 bits per heavy atom. The van der Waals surface area contributed by atoms with Crippen LogP contribution < -0.4 is 5.32 Å². The number of fused-ring (bicyclic) bond motifs is 1. The molecule has 0 aliphatic carbocycles. The minimum Gasteiger partial charge on any atom is -0.478 e. The highest BCUT2D eigenvalue weighted by atomic mass is 79.9. The van der Waals surface area contributed by atoms with Crippen LogP contribution in [0.5, 0.6) is 0 Å². The van der Waals surface area contributed by atoms with E-state index in [1.54, 1.807) is 6.07 Å². The van der Waals surface area contributed by atoms with Gasteiger partial charge in [0.2, 0.25) is 0 Å². The van der Waals surface area contributed by atoms with E-state index in [0.717, 1.165) is 41.6 Å². The zero-order valence-corrected chi connectivity index (χ0v) is 12.5. The highest BCUT2D eigenvalue weighted by Crippen LogP contribution is 2.29. The monoisotopic (exact) mass is 334 g/mol. The second-order valence-corrected chi connectivity index (χ2v) is 6.00. The largest absolute Gasteiger partial charge is 0.478 e. The molecule has 0 spiro atoms. The van der Waals surface area contributed by atoms with Crippen LogP contribution in [0.15, 0.2) is 28.7 Å².